The average Bonchev–Trinajstić information content (AvgIpc) is 3.69. The molecule has 1 fully saturated rings. The smallest absolute Gasteiger partial charge is 0.420 e. The Labute approximate surface area is 208 Å². The Balaban J connectivity index is 1.68. The van der Waals surface area contributed by atoms with Crippen LogP contribution in [0.3, 0.4) is 0 Å². The maximum Gasteiger partial charge on any atom is 0.420 e. The van der Waals surface area contributed by atoms with E-state index in [9.17, 15) is 9.59 Å². The molecule has 2 aromatic rings. The second kappa shape index (κ2) is 10.7. The van der Waals surface area contributed by atoms with Crippen LogP contribution < -0.4 is 19.3 Å². The summed E-state index contributed by atoms with van der Waals surface area (Å²) in [5.41, 5.74) is 2.63. The van der Waals surface area contributed by atoms with Gasteiger partial charge in [-0.15, -0.1) is 0 Å². The van der Waals surface area contributed by atoms with E-state index in [0.717, 1.165) is 25.2 Å². The van der Waals surface area contributed by atoms with Crippen molar-refractivity contribution < 1.29 is 19.1 Å². The molecular formula is C28H37N3O4. The normalized spacial score (nSPS) is 18.3. The van der Waals surface area contributed by atoms with Gasteiger partial charge in [-0.3, -0.25) is 9.69 Å². The van der Waals surface area contributed by atoms with Crippen molar-refractivity contribution in [3.63, 3.8) is 0 Å². The molecule has 0 N–H and O–H groups in total. The second-order valence-corrected chi connectivity index (χ2v) is 9.54. The summed E-state index contributed by atoms with van der Waals surface area (Å²) in [6.45, 7) is 10.3. The van der Waals surface area contributed by atoms with Gasteiger partial charge in [0.2, 0.25) is 5.91 Å². The van der Waals surface area contributed by atoms with Crippen LogP contribution in [0.1, 0.15) is 58.4 Å². The zero-order valence-corrected chi connectivity index (χ0v) is 21.5. The minimum atomic E-state index is -0.482. The zero-order valence-electron chi connectivity index (χ0n) is 21.5. The fraction of sp³-hybridized carbons (Fsp3) is 0.500. The molecule has 0 spiro atoms. The Morgan fingerprint density at radius 1 is 1.09 bits per heavy atom. The summed E-state index contributed by atoms with van der Waals surface area (Å²) in [6.07, 6.45) is 3.08. The highest BCUT2D eigenvalue weighted by molar-refractivity contribution is 6.02. The molecule has 2 atom stereocenters. The van der Waals surface area contributed by atoms with Gasteiger partial charge in [-0.05, 0) is 68.5 Å². The van der Waals surface area contributed by atoms with E-state index >= 15 is 0 Å². The third-order valence-electron chi connectivity index (χ3n) is 7.15. The first-order valence-corrected chi connectivity index (χ1v) is 12.7. The number of carbonyl (C=O) groups is 2. The summed E-state index contributed by atoms with van der Waals surface area (Å²) < 4.78 is 11.1. The molecule has 1 saturated carbocycles. The highest BCUT2D eigenvalue weighted by Gasteiger charge is 2.36. The zero-order chi connectivity index (χ0) is 25.1. The number of methoxy groups -OCH3 is 1. The number of rotatable bonds is 8. The van der Waals surface area contributed by atoms with Gasteiger partial charge in [-0.1, -0.05) is 32.0 Å². The number of amides is 2. The van der Waals surface area contributed by atoms with Crippen molar-refractivity contribution >= 4 is 23.4 Å². The number of fused-ring (bicyclic) bond motifs is 1. The summed E-state index contributed by atoms with van der Waals surface area (Å²) in [7, 11) is 1.55. The molecule has 0 bridgehead atoms. The number of anilines is 2. The minimum Gasteiger partial charge on any atom is -0.493 e. The fourth-order valence-electron chi connectivity index (χ4n) is 5.13. The highest BCUT2D eigenvalue weighted by atomic mass is 16.6. The van der Waals surface area contributed by atoms with E-state index in [1.54, 1.807) is 42.0 Å². The highest BCUT2D eigenvalue weighted by Crippen LogP contribution is 2.40. The van der Waals surface area contributed by atoms with E-state index in [2.05, 4.69) is 30.9 Å². The molecule has 2 amide bonds. The standard InChI is InChI=1S/C28H37N3O4/c1-6-21(18-29(7-2)23-13-14-23)22-12-15-24-25(16-22)30(17-19(3)31(24)20(4)32)28(33)35-27-11-9-8-10-26(27)34-5/h8-12,15-16,19,21,23H,6-7,13-14,17-18H2,1-5H3. The SMILES string of the molecule is CCC(CN(CC)C1CC1)c1ccc2c(c1)N(C(=O)Oc1ccccc1OC)CC(C)N2C(C)=O. The van der Waals surface area contributed by atoms with Gasteiger partial charge in [0.1, 0.15) is 0 Å². The maximum absolute atomic E-state index is 13.4. The molecule has 1 heterocycles. The third kappa shape index (κ3) is 5.30. The number of hydrogen-bond acceptors (Lipinski definition) is 5. The molecule has 35 heavy (non-hydrogen) atoms. The van der Waals surface area contributed by atoms with Gasteiger partial charge < -0.3 is 19.3 Å². The van der Waals surface area contributed by atoms with Gasteiger partial charge in [0, 0.05) is 26.1 Å². The molecule has 7 nitrogen and oxygen atoms in total. The number of ether oxygens (including phenoxy) is 2. The van der Waals surface area contributed by atoms with Crippen LogP contribution in [-0.4, -0.2) is 55.7 Å². The summed E-state index contributed by atoms with van der Waals surface area (Å²) >= 11 is 0. The van der Waals surface area contributed by atoms with Gasteiger partial charge in [0.25, 0.3) is 0 Å². The topological polar surface area (TPSA) is 62.3 Å². The van der Waals surface area contributed by atoms with E-state index in [0.29, 0.717) is 35.7 Å². The molecule has 1 aliphatic carbocycles. The molecular weight excluding hydrogens is 442 g/mol. The average molecular weight is 480 g/mol. The van der Waals surface area contributed by atoms with Crippen LogP contribution in [0, 0.1) is 0 Å². The number of carbonyl (C=O) groups excluding carboxylic acids is 2. The van der Waals surface area contributed by atoms with Crippen LogP contribution in [0.15, 0.2) is 42.5 Å². The van der Waals surface area contributed by atoms with E-state index in [-0.39, 0.29) is 11.9 Å². The monoisotopic (exact) mass is 479 g/mol. The van der Waals surface area contributed by atoms with Crippen LogP contribution in [0.5, 0.6) is 11.5 Å². The summed E-state index contributed by atoms with van der Waals surface area (Å²) in [5, 5.41) is 0. The molecule has 0 saturated heterocycles. The van der Waals surface area contributed by atoms with Gasteiger partial charge >= 0.3 is 6.09 Å². The quantitative estimate of drug-likeness (QED) is 0.505. The lowest BCUT2D eigenvalue weighted by Gasteiger charge is -2.40. The van der Waals surface area contributed by atoms with Crippen molar-refractivity contribution in [1.82, 2.24) is 4.90 Å². The Kier molecular flexibility index (Phi) is 7.65. The fourth-order valence-corrected chi connectivity index (χ4v) is 5.13. The molecule has 2 aromatic carbocycles. The summed E-state index contributed by atoms with van der Waals surface area (Å²) in [6, 6.07) is 13.8. The lowest BCUT2D eigenvalue weighted by Crippen LogP contribution is -2.52. The largest absolute Gasteiger partial charge is 0.493 e. The van der Waals surface area contributed by atoms with Gasteiger partial charge in [-0.25, -0.2) is 4.79 Å². The molecule has 7 heteroatoms. The van der Waals surface area contributed by atoms with E-state index in [1.165, 1.54) is 18.4 Å². The van der Waals surface area contributed by atoms with Crippen LogP contribution in [0.25, 0.3) is 0 Å². The lowest BCUT2D eigenvalue weighted by atomic mass is 9.93. The molecule has 2 unspecified atom stereocenters. The van der Waals surface area contributed by atoms with Gasteiger partial charge in [0.05, 0.1) is 24.5 Å². The Hall–Kier alpha value is -3.06. The van der Waals surface area contributed by atoms with E-state index in [1.807, 2.05) is 19.1 Å². The molecule has 0 aromatic heterocycles. The molecule has 0 radical (unpaired) electrons. The number of hydrogen-bond donors (Lipinski definition) is 0. The maximum atomic E-state index is 13.4. The predicted molar refractivity (Wildman–Crippen MR) is 139 cm³/mol. The molecule has 188 valence electrons. The Morgan fingerprint density at radius 2 is 1.80 bits per heavy atom. The summed E-state index contributed by atoms with van der Waals surface area (Å²) in [4.78, 5) is 31.9. The number of benzene rings is 2. The van der Waals surface area contributed by atoms with E-state index < -0.39 is 6.09 Å². The first kappa shape index (κ1) is 25.0. The van der Waals surface area contributed by atoms with Crippen LogP contribution >= 0.6 is 0 Å². The molecule has 2 aliphatic rings. The predicted octanol–water partition coefficient (Wildman–Crippen LogP) is 5.43. The van der Waals surface area contributed by atoms with Crippen molar-refractivity contribution in [2.24, 2.45) is 0 Å². The van der Waals surface area contributed by atoms with E-state index in [4.69, 9.17) is 9.47 Å². The summed E-state index contributed by atoms with van der Waals surface area (Å²) in [5.74, 6) is 1.17. The van der Waals surface area contributed by atoms with Gasteiger partial charge in [0.15, 0.2) is 11.5 Å². The second-order valence-electron chi connectivity index (χ2n) is 9.54. The molecule has 4 rings (SSSR count). The lowest BCUT2D eigenvalue weighted by molar-refractivity contribution is -0.117. The van der Waals surface area contributed by atoms with Gasteiger partial charge in [-0.2, -0.15) is 0 Å². The van der Waals surface area contributed by atoms with Crippen molar-refractivity contribution in [1.29, 1.82) is 0 Å². The van der Waals surface area contributed by atoms with Crippen LogP contribution in [0.2, 0.25) is 0 Å². The number of para-hydroxylation sites is 2. The van der Waals surface area contributed by atoms with Crippen molar-refractivity contribution in [2.75, 3.05) is 36.5 Å². The first-order valence-electron chi connectivity index (χ1n) is 12.7. The van der Waals surface area contributed by atoms with Crippen molar-refractivity contribution in [2.45, 2.75) is 65.0 Å². The van der Waals surface area contributed by atoms with Crippen LogP contribution in [0.4, 0.5) is 16.2 Å². The Morgan fingerprint density at radius 3 is 2.40 bits per heavy atom. The first-order chi connectivity index (χ1) is 16.9. The Bertz CT molecular complexity index is 1070. The van der Waals surface area contributed by atoms with Crippen molar-refractivity contribution in [3.05, 3.63) is 48.0 Å². The van der Waals surface area contributed by atoms with Crippen molar-refractivity contribution in [3.8, 4) is 11.5 Å². The number of nitrogens with zero attached hydrogens (tertiary/aromatic N) is 3. The number of likely N-dealkylation sites (N-methyl/N-ethyl adjacent to an activating group) is 1. The third-order valence-corrected chi connectivity index (χ3v) is 7.15. The van der Waals surface area contributed by atoms with Crippen LogP contribution in [-0.2, 0) is 4.79 Å². The molecule has 1 aliphatic heterocycles. The minimum absolute atomic E-state index is 0.0396.